The molecule has 0 spiro atoms. The molecule has 5 aromatic rings. The molecule has 1 aliphatic rings. The first kappa shape index (κ1) is 27.2. The maximum Gasteiger partial charge on any atom is 0.303 e. The van der Waals surface area contributed by atoms with Gasteiger partial charge in [0.25, 0.3) is 0 Å². The minimum absolute atomic E-state index is 0.0102. The lowest BCUT2D eigenvalue weighted by Crippen LogP contribution is -2.29. The maximum atomic E-state index is 11.8. The molecule has 0 fully saturated rings. The summed E-state index contributed by atoms with van der Waals surface area (Å²) in [6, 6.07) is 8.45. The highest BCUT2D eigenvalue weighted by Gasteiger charge is 2.31. The topological polar surface area (TPSA) is 113 Å². The fourth-order valence-corrected chi connectivity index (χ4v) is 6.58. The molecule has 0 radical (unpaired) electrons. The molecule has 1 aliphatic heterocycles. The van der Waals surface area contributed by atoms with Gasteiger partial charge < -0.3 is 15.2 Å². The highest BCUT2D eigenvalue weighted by atomic mass is 16.4. The van der Waals surface area contributed by atoms with Crippen molar-refractivity contribution in [3.63, 3.8) is 0 Å². The summed E-state index contributed by atoms with van der Waals surface area (Å²) in [7, 11) is 0. The van der Waals surface area contributed by atoms with Crippen molar-refractivity contribution in [2.75, 3.05) is 0 Å². The Kier molecular flexibility index (Phi) is 6.37. The van der Waals surface area contributed by atoms with E-state index in [4.69, 9.17) is 0 Å². The number of allylic oxidation sites excluding steroid dienone is 2. The van der Waals surface area contributed by atoms with Gasteiger partial charge in [0.15, 0.2) is 0 Å². The zero-order valence-corrected chi connectivity index (χ0v) is 24.3. The SMILES string of the molecule is C=Cc1c(C)c2cc3c(C)c(CCC(=O)O)c4cc5[nH+]c(cc6c(C=C)c(C)c(cc1[nH]2)n6[n+]34)C(C)=C5CCC(=O)O. The van der Waals surface area contributed by atoms with Gasteiger partial charge in [0.1, 0.15) is 11.0 Å². The van der Waals surface area contributed by atoms with Crippen LogP contribution in [-0.4, -0.2) is 31.7 Å². The van der Waals surface area contributed by atoms with E-state index in [0.29, 0.717) is 12.8 Å². The van der Waals surface area contributed by atoms with Crippen molar-refractivity contribution >= 4 is 68.3 Å². The van der Waals surface area contributed by atoms with E-state index >= 15 is 0 Å². The van der Waals surface area contributed by atoms with Crippen LogP contribution in [0, 0.1) is 20.8 Å². The Hall–Kier alpha value is -4.98. The fourth-order valence-electron chi connectivity index (χ4n) is 6.58. The van der Waals surface area contributed by atoms with E-state index in [1.165, 1.54) is 0 Å². The van der Waals surface area contributed by atoms with E-state index in [-0.39, 0.29) is 12.8 Å². The number of fused-ring (bicyclic) bond motifs is 4. The van der Waals surface area contributed by atoms with Crippen molar-refractivity contribution in [1.82, 2.24) is 9.50 Å². The third-order valence-corrected chi connectivity index (χ3v) is 8.85. The zero-order chi connectivity index (χ0) is 30.0. The van der Waals surface area contributed by atoms with Gasteiger partial charge in [0.2, 0.25) is 22.4 Å². The highest BCUT2D eigenvalue weighted by Crippen LogP contribution is 2.35. The number of carboxylic acid groups (broad SMARTS) is 2. The summed E-state index contributed by atoms with van der Waals surface area (Å²) >= 11 is 0. The number of aromatic nitrogens is 4. The second-order valence-electron chi connectivity index (χ2n) is 11.1. The average Bonchev–Trinajstić information content (AvgIpc) is 3.59. The first-order valence-corrected chi connectivity index (χ1v) is 14.1. The van der Waals surface area contributed by atoms with E-state index < -0.39 is 11.9 Å². The summed E-state index contributed by atoms with van der Waals surface area (Å²) in [6.07, 6.45) is 4.47. The lowest BCUT2D eigenvalue weighted by atomic mass is 10.0. The summed E-state index contributed by atoms with van der Waals surface area (Å²) in [5.41, 5.74) is 15.3. The minimum Gasteiger partial charge on any atom is -0.481 e. The van der Waals surface area contributed by atoms with Crippen molar-refractivity contribution in [3.05, 3.63) is 82.2 Å². The largest absolute Gasteiger partial charge is 0.481 e. The third kappa shape index (κ3) is 3.97. The van der Waals surface area contributed by atoms with Crippen LogP contribution in [0.15, 0.2) is 37.4 Å². The number of hydrogen-bond acceptors (Lipinski definition) is 2. The fraction of sp³-hybridized carbons (Fsp3) is 0.235. The number of nitrogens with zero attached hydrogens (tertiary/aromatic N) is 2. The van der Waals surface area contributed by atoms with Gasteiger partial charge in [-0.05, 0) is 57.7 Å². The van der Waals surface area contributed by atoms with Gasteiger partial charge >= 0.3 is 11.9 Å². The van der Waals surface area contributed by atoms with E-state index in [1.807, 2.05) is 26.0 Å². The third-order valence-electron chi connectivity index (χ3n) is 8.85. The second kappa shape index (κ2) is 9.83. The van der Waals surface area contributed by atoms with E-state index in [2.05, 4.69) is 70.3 Å². The lowest BCUT2D eigenvalue weighted by molar-refractivity contribution is -0.560. The normalized spacial score (nSPS) is 12.7. The molecule has 0 unspecified atom stereocenters. The standard InChI is InChI=1S/C34H32N4O4/c1-7-21-17(3)25-13-29-20(6)24(10-12-34(41)42)32-16-28-23(9-11-33(39)40)18(4)26(36-28)14-31-22(8-2)19(5)30(15-27(21)35-25)37(31)38(29)32/h7-8,13-16H,1-2,9-12H2,3-6H3,(H2,39,40,41,42)/p+2. The molecule has 0 amide bonds. The number of carboxylic acids is 2. The number of carbonyl (C=O) groups is 2. The van der Waals surface area contributed by atoms with E-state index in [1.54, 1.807) is 0 Å². The van der Waals surface area contributed by atoms with Crippen LogP contribution in [-0.2, 0) is 16.0 Å². The molecule has 4 bridgehead atoms. The van der Waals surface area contributed by atoms with Gasteiger partial charge in [-0.1, -0.05) is 29.8 Å². The number of aliphatic carboxylic acids is 2. The molecule has 0 aliphatic carbocycles. The van der Waals surface area contributed by atoms with Gasteiger partial charge in [-0.15, -0.1) is 4.52 Å². The molecule has 212 valence electrons. The molecule has 42 heavy (non-hydrogen) atoms. The van der Waals surface area contributed by atoms with Crippen molar-refractivity contribution in [2.24, 2.45) is 0 Å². The molecule has 8 heteroatoms. The second-order valence-corrected chi connectivity index (χ2v) is 11.1. The Morgan fingerprint density at radius 3 is 2.19 bits per heavy atom. The summed E-state index contributed by atoms with van der Waals surface area (Å²) < 4.78 is 4.38. The number of aryl methyl sites for hydroxylation is 4. The van der Waals surface area contributed by atoms with Crippen LogP contribution >= 0.6 is 0 Å². The van der Waals surface area contributed by atoms with Crippen LogP contribution in [0.4, 0.5) is 0 Å². The molecular formula is C34H34N4O4+2. The van der Waals surface area contributed by atoms with Gasteiger partial charge in [-0.25, -0.2) is 4.98 Å². The molecule has 6 heterocycles. The number of hydrogen-bond donors (Lipinski definition) is 3. The molecule has 0 saturated heterocycles. The van der Waals surface area contributed by atoms with Crippen LogP contribution in [0.5, 0.6) is 0 Å². The summed E-state index contributed by atoms with van der Waals surface area (Å²) in [5.74, 6) is -1.72. The predicted octanol–water partition coefficient (Wildman–Crippen LogP) is 6.03. The first-order valence-electron chi connectivity index (χ1n) is 14.1. The number of rotatable bonds is 8. The van der Waals surface area contributed by atoms with Gasteiger partial charge in [-0.2, -0.15) is 0 Å². The molecule has 0 aromatic carbocycles. The van der Waals surface area contributed by atoms with E-state index in [0.717, 1.165) is 89.0 Å². The number of H-pyrrole nitrogens is 2. The summed E-state index contributed by atoms with van der Waals surface area (Å²) in [6.45, 7) is 16.5. The molecule has 8 nitrogen and oxygen atoms in total. The number of nitrogens with one attached hydrogen (secondary N) is 2. The minimum atomic E-state index is -0.863. The van der Waals surface area contributed by atoms with Gasteiger partial charge in [0.05, 0.1) is 6.07 Å². The van der Waals surface area contributed by atoms with Gasteiger partial charge in [0, 0.05) is 69.4 Å². The summed E-state index contributed by atoms with van der Waals surface area (Å²) in [4.78, 5) is 30.5. The Morgan fingerprint density at radius 1 is 0.833 bits per heavy atom. The molecule has 0 atom stereocenters. The molecule has 0 saturated carbocycles. The Bertz CT molecular complexity index is 2120. The predicted molar refractivity (Wildman–Crippen MR) is 165 cm³/mol. The van der Waals surface area contributed by atoms with Crippen LogP contribution in [0.3, 0.4) is 0 Å². The lowest BCUT2D eigenvalue weighted by Gasteiger charge is -1.99. The number of aromatic amines is 2. The smallest absolute Gasteiger partial charge is 0.303 e. The Morgan fingerprint density at radius 2 is 1.52 bits per heavy atom. The van der Waals surface area contributed by atoms with Crippen molar-refractivity contribution < 1.29 is 29.3 Å². The highest BCUT2D eigenvalue weighted by molar-refractivity contribution is 5.93. The average molecular weight is 563 g/mol. The molecule has 5 aromatic heterocycles. The molecule has 4 N–H and O–H groups in total. The first-order chi connectivity index (χ1) is 20.0. The van der Waals surface area contributed by atoms with Gasteiger partial charge in [-0.3, -0.25) is 9.59 Å². The monoisotopic (exact) mass is 562 g/mol. The van der Waals surface area contributed by atoms with E-state index in [9.17, 15) is 19.8 Å². The Labute approximate surface area is 242 Å². The Balaban J connectivity index is 1.94. The molecular weight excluding hydrogens is 528 g/mol. The van der Waals surface area contributed by atoms with Crippen molar-refractivity contribution in [1.29, 1.82) is 0 Å². The zero-order valence-electron chi connectivity index (χ0n) is 24.3. The molecule has 6 rings (SSSR count). The van der Waals surface area contributed by atoms with Crippen LogP contribution in [0.25, 0.3) is 56.4 Å². The van der Waals surface area contributed by atoms with Crippen molar-refractivity contribution in [3.8, 4) is 0 Å². The van der Waals surface area contributed by atoms with Crippen LogP contribution in [0.1, 0.15) is 71.0 Å². The summed E-state index contributed by atoms with van der Waals surface area (Å²) in [5, 5.41) is 19.1. The maximum absolute atomic E-state index is 11.8. The van der Waals surface area contributed by atoms with Crippen LogP contribution < -0.4 is 9.50 Å². The van der Waals surface area contributed by atoms with Crippen LogP contribution in [0.2, 0.25) is 0 Å². The quantitative estimate of drug-likeness (QED) is 0.201. The van der Waals surface area contributed by atoms with Crippen molar-refractivity contribution in [2.45, 2.75) is 53.4 Å².